The van der Waals surface area contributed by atoms with E-state index in [0.717, 1.165) is 11.1 Å². The van der Waals surface area contributed by atoms with Crippen LogP contribution in [-0.4, -0.2) is 30.5 Å². The Balaban J connectivity index is 1.98. The van der Waals surface area contributed by atoms with Gasteiger partial charge in [0, 0.05) is 11.3 Å². The highest BCUT2D eigenvalue weighted by atomic mass is 19.1. The van der Waals surface area contributed by atoms with Gasteiger partial charge in [-0.1, -0.05) is 12.1 Å². The maximum absolute atomic E-state index is 13.9. The molecule has 0 aliphatic carbocycles. The van der Waals surface area contributed by atoms with Crippen molar-refractivity contribution < 1.29 is 28.6 Å². The molecule has 1 fully saturated rings. The lowest BCUT2D eigenvalue weighted by molar-refractivity contribution is -0.132. The largest absolute Gasteiger partial charge is 0.507 e. The summed E-state index contributed by atoms with van der Waals surface area (Å²) < 4.78 is 25.0. The van der Waals surface area contributed by atoms with Gasteiger partial charge < -0.3 is 14.6 Å². The molecule has 1 N–H and O–H groups in total. The summed E-state index contributed by atoms with van der Waals surface area (Å²) in [7, 11) is 1.52. The molecule has 0 spiro atoms. The molecule has 1 aliphatic rings. The summed E-state index contributed by atoms with van der Waals surface area (Å²) in [6, 6.07) is 13.7. The number of aryl methyl sites for hydroxylation is 3. The number of anilines is 1. The Labute approximate surface area is 209 Å². The van der Waals surface area contributed by atoms with E-state index in [4.69, 9.17) is 9.47 Å². The smallest absolute Gasteiger partial charge is 0.300 e. The van der Waals surface area contributed by atoms with Crippen LogP contribution in [0.4, 0.5) is 10.1 Å². The molecule has 6 nitrogen and oxygen atoms in total. The van der Waals surface area contributed by atoms with Crippen molar-refractivity contribution in [2.45, 2.75) is 33.7 Å². The van der Waals surface area contributed by atoms with Gasteiger partial charge in [0.15, 0.2) is 11.5 Å². The highest BCUT2D eigenvalue weighted by Crippen LogP contribution is 2.44. The minimum Gasteiger partial charge on any atom is -0.507 e. The Hall–Kier alpha value is -4.13. The summed E-state index contributed by atoms with van der Waals surface area (Å²) in [6.07, 6.45) is 0. The number of methoxy groups -OCH3 is 1. The molecule has 1 heterocycles. The molecule has 0 radical (unpaired) electrons. The van der Waals surface area contributed by atoms with Crippen LogP contribution in [0.2, 0.25) is 0 Å². The first-order valence-electron chi connectivity index (χ1n) is 11.6. The van der Waals surface area contributed by atoms with Crippen molar-refractivity contribution >= 4 is 23.1 Å². The van der Waals surface area contributed by atoms with Gasteiger partial charge >= 0.3 is 0 Å². The first-order chi connectivity index (χ1) is 17.2. The van der Waals surface area contributed by atoms with E-state index in [1.54, 1.807) is 31.2 Å². The number of amides is 1. The first-order valence-corrected chi connectivity index (χ1v) is 11.6. The Bertz CT molecular complexity index is 1390. The molecule has 7 heteroatoms. The Morgan fingerprint density at radius 2 is 1.69 bits per heavy atom. The van der Waals surface area contributed by atoms with Gasteiger partial charge in [-0.25, -0.2) is 4.39 Å². The number of ether oxygens (including phenoxy) is 2. The van der Waals surface area contributed by atoms with Crippen molar-refractivity contribution in [1.82, 2.24) is 0 Å². The number of rotatable bonds is 6. The van der Waals surface area contributed by atoms with E-state index >= 15 is 0 Å². The number of benzene rings is 3. The van der Waals surface area contributed by atoms with Crippen molar-refractivity contribution in [1.29, 1.82) is 0 Å². The number of aliphatic hydroxyl groups is 1. The summed E-state index contributed by atoms with van der Waals surface area (Å²) in [4.78, 5) is 28.2. The third-order valence-corrected chi connectivity index (χ3v) is 6.45. The zero-order valence-electron chi connectivity index (χ0n) is 20.9. The van der Waals surface area contributed by atoms with Crippen LogP contribution in [0.5, 0.6) is 11.5 Å². The van der Waals surface area contributed by atoms with E-state index < -0.39 is 23.5 Å². The fourth-order valence-corrected chi connectivity index (χ4v) is 4.37. The molecule has 1 atom stereocenters. The number of hydrogen-bond acceptors (Lipinski definition) is 5. The van der Waals surface area contributed by atoms with Gasteiger partial charge in [0.25, 0.3) is 11.7 Å². The van der Waals surface area contributed by atoms with Crippen LogP contribution in [0.15, 0.2) is 60.2 Å². The average Bonchev–Trinajstić information content (AvgIpc) is 3.12. The minimum absolute atomic E-state index is 0.0862. The molecule has 0 bridgehead atoms. The zero-order chi connectivity index (χ0) is 26.1. The molecule has 36 heavy (non-hydrogen) atoms. The van der Waals surface area contributed by atoms with Gasteiger partial charge in [-0.2, -0.15) is 0 Å². The highest BCUT2D eigenvalue weighted by molar-refractivity contribution is 6.51. The third kappa shape index (κ3) is 4.33. The Morgan fingerprint density at radius 1 is 0.944 bits per heavy atom. The Morgan fingerprint density at radius 3 is 2.33 bits per heavy atom. The predicted octanol–water partition coefficient (Wildman–Crippen LogP) is 5.78. The van der Waals surface area contributed by atoms with Crippen molar-refractivity contribution in [3.05, 3.63) is 93.8 Å². The normalized spacial score (nSPS) is 16.9. The van der Waals surface area contributed by atoms with E-state index in [1.165, 1.54) is 30.2 Å². The van der Waals surface area contributed by atoms with Gasteiger partial charge in [-0.3, -0.25) is 14.5 Å². The summed E-state index contributed by atoms with van der Waals surface area (Å²) in [5.41, 5.74) is 3.53. The van der Waals surface area contributed by atoms with E-state index in [2.05, 4.69) is 0 Å². The maximum Gasteiger partial charge on any atom is 0.300 e. The van der Waals surface area contributed by atoms with Gasteiger partial charge in [0.1, 0.15) is 11.6 Å². The molecular formula is C29H28FNO5. The van der Waals surface area contributed by atoms with Crippen LogP contribution in [0.1, 0.15) is 40.8 Å². The average molecular weight is 490 g/mol. The molecule has 1 aliphatic heterocycles. The quantitative estimate of drug-likeness (QED) is 0.270. The fourth-order valence-electron chi connectivity index (χ4n) is 4.37. The topological polar surface area (TPSA) is 76.1 Å². The number of Topliss-reactive ketones (excluding diaryl/α,β-unsaturated/α-hetero) is 1. The second-order valence-corrected chi connectivity index (χ2v) is 8.74. The second kappa shape index (κ2) is 9.85. The van der Waals surface area contributed by atoms with Crippen molar-refractivity contribution in [2.24, 2.45) is 0 Å². The second-order valence-electron chi connectivity index (χ2n) is 8.74. The van der Waals surface area contributed by atoms with Gasteiger partial charge in [0.2, 0.25) is 0 Å². The molecular weight excluding hydrogens is 461 g/mol. The SMILES string of the molecule is CCOc1cc(C2/C(=C(\O)c3ccc(F)c(C)c3)C(=O)C(=O)N2c2ccc(C)c(C)c2)ccc1OC. The highest BCUT2D eigenvalue weighted by Gasteiger charge is 2.47. The van der Waals surface area contributed by atoms with Crippen LogP contribution in [0.25, 0.3) is 5.76 Å². The van der Waals surface area contributed by atoms with E-state index in [-0.39, 0.29) is 16.9 Å². The number of carbonyl (C=O) groups is 2. The van der Waals surface area contributed by atoms with Crippen LogP contribution >= 0.6 is 0 Å². The number of nitrogens with zero attached hydrogens (tertiary/aromatic N) is 1. The van der Waals surface area contributed by atoms with Crippen molar-refractivity contribution in [2.75, 3.05) is 18.6 Å². The third-order valence-electron chi connectivity index (χ3n) is 6.45. The van der Waals surface area contributed by atoms with Crippen LogP contribution in [0.3, 0.4) is 0 Å². The van der Waals surface area contributed by atoms with Gasteiger partial charge in [-0.15, -0.1) is 0 Å². The molecule has 3 aromatic carbocycles. The Kier molecular flexibility index (Phi) is 6.84. The number of carbonyl (C=O) groups excluding carboxylic acids is 2. The van der Waals surface area contributed by atoms with Crippen LogP contribution in [0, 0.1) is 26.6 Å². The molecule has 0 saturated carbocycles. The van der Waals surface area contributed by atoms with Crippen molar-refractivity contribution in [3.8, 4) is 11.5 Å². The lowest BCUT2D eigenvalue weighted by Gasteiger charge is -2.26. The molecule has 0 aromatic heterocycles. The molecule has 1 saturated heterocycles. The number of halogens is 1. The van der Waals surface area contributed by atoms with Crippen LogP contribution < -0.4 is 14.4 Å². The monoisotopic (exact) mass is 489 g/mol. The van der Waals surface area contributed by atoms with E-state index in [0.29, 0.717) is 34.9 Å². The van der Waals surface area contributed by atoms with Crippen molar-refractivity contribution in [3.63, 3.8) is 0 Å². The number of ketones is 1. The van der Waals surface area contributed by atoms with E-state index in [1.807, 2.05) is 32.9 Å². The maximum atomic E-state index is 13.9. The lowest BCUT2D eigenvalue weighted by Crippen LogP contribution is -2.29. The molecule has 1 unspecified atom stereocenters. The van der Waals surface area contributed by atoms with Gasteiger partial charge in [-0.05, 0) is 92.4 Å². The number of aliphatic hydroxyl groups excluding tert-OH is 1. The number of hydrogen-bond donors (Lipinski definition) is 1. The fraction of sp³-hybridized carbons (Fsp3) is 0.241. The molecule has 4 rings (SSSR count). The van der Waals surface area contributed by atoms with Crippen LogP contribution in [-0.2, 0) is 9.59 Å². The summed E-state index contributed by atoms with van der Waals surface area (Å²) in [5.74, 6) is -1.46. The predicted molar refractivity (Wildman–Crippen MR) is 136 cm³/mol. The minimum atomic E-state index is -0.942. The molecule has 186 valence electrons. The zero-order valence-corrected chi connectivity index (χ0v) is 20.9. The molecule has 1 amide bonds. The standard InChI is InChI=1S/C29H28FNO5/c1-6-36-24-15-19(9-12-23(24)35-5)26-25(27(32)20-8-11-22(30)18(4)13-20)28(33)29(34)31(26)21-10-7-16(2)17(3)14-21/h7-15,26,32H,6H2,1-5H3/b27-25+. The van der Waals surface area contributed by atoms with E-state index in [9.17, 15) is 19.1 Å². The lowest BCUT2D eigenvalue weighted by atomic mass is 9.94. The summed E-state index contributed by atoms with van der Waals surface area (Å²) in [5, 5.41) is 11.3. The summed E-state index contributed by atoms with van der Waals surface area (Å²) >= 11 is 0. The first kappa shape index (κ1) is 25.0. The summed E-state index contributed by atoms with van der Waals surface area (Å²) in [6.45, 7) is 7.66. The van der Waals surface area contributed by atoms with Gasteiger partial charge in [0.05, 0.1) is 25.3 Å². The molecule has 3 aromatic rings.